The zero-order valence-electron chi connectivity index (χ0n) is 10.8. The molecule has 0 unspecified atom stereocenters. The van der Waals surface area contributed by atoms with Gasteiger partial charge in [0, 0.05) is 11.6 Å². The maximum absolute atomic E-state index is 11.0. The summed E-state index contributed by atoms with van der Waals surface area (Å²) in [7, 11) is 0. The van der Waals surface area contributed by atoms with Crippen molar-refractivity contribution in [2.75, 3.05) is 0 Å². The van der Waals surface area contributed by atoms with Crippen molar-refractivity contribution >= 4 is 5.69 Å². The predicted molar refractivity (Wildman–Crippen MR) is 73.3 cm³/mol. The largest absolute Gasteiger partial charge is 0.482 e. The molecule has 0 aromatic heterocycles. The van der Waals surface area contributed by atoms with Gasteiger partial charge in [-0.3, -0.25) is 10.1 Å². The molecule has 0 N–H and O–H groups in total. The van der Waals surface area contributed by atoms with Crippen molar-refractivity contribution in [1.29, 1.82) is 10.5 Å². The zero-order chi connectivity index (χ0) is 15.2. The number of hydrogen-bond acceptors (Lipinski definition) is 5. The zero-order valence-corrected chi connectivity index (χ0v) is 10.8. The second-order valence-corrected chi connectivity index (χ2v) is 4.11. The summed E-state index contributed by atoms with van der Waals surface area (Å²) in [6.07, 6.45) is 0. The van der Waals surface area contributed by atoms with Crippen LogP contribution >= 0.6 is 0 Å². The minimum Gasteiger partial charge on any atom is -0.482 e. The normalized spacial score (nSPS) is 9.43. The standard InChI is InChI=1S/C15H9N3O3/c16-8-11-5-6-15(14(7-11)18(19)20)21-10-13-4-2-1-3-12(13)9-17/h1-7H,10H2. The van der Waals surface area contributed by atoms with E-state index in [1.807, 2.05) is 12.1 Å². The Hall–Kier alpha value is -3.38. The van der Waals surface area contributed by atoms with E-state index in [1.165, 1.54) is 12.1 Å². The summed E-state index contributed by atoms with van der Waals surface area (Å²) in [5.74, 6) is 0.0618. The number of hydrogen-bond donors (Lipinski definition) is 0. The van der Waals surface area contributed by atoms with Crippen LogP contribution in [0.15, 0.2) is 42.5 Å². The molecule has 2 aromatic carbocycles. The molecule has 6 nitrogen and oxygen atoms in total. The lowest BCUT2D eigenvalue weighted by atomic mass is 10.1. The van der Waals surface area contributed by atoms with Gasteiger partial charge < -0.3 is 4.74 Å². The van der Waals surface area contributed by atoms with Gasteiger partial charge in [0.05, 0.1) is 28.2 Å². The number of rotatable bonds is 4. The highest BCUT2D eigenvalue weighted by atomic mass is 16.6. The number of nitrogens with zero attached hydrogens (tertiary/aromatic N) is 3. The van der Waals surface area contributed by atoms with Crippen LogP contribution in [0.25, 0.3) is 0 Å². The van der Waals surface area contributed by atoms with E-state index in [0.717, 1.165) is 6.07 Å². The molecule has 0 spiro atoms. The number of nitro benzene ring substituents is 1. The smallest absolute Gasteiger partial charge is 0.312 e. The fraction of sp³-hybridized carbons (Fsp3) is 0.0667. The molecule has 102 valence electrons. The van der Waals surface area contributed by atoms with E-state index in [2.05, 4.69) is 0 Å². The van der Waals surface area contributed by atoms with Crippen LogP contribution in [0.5, 0.6) is 5.75 Å². The third kappa shape index (κ3) is 3.14. The molecular formula is C15H9N3O3. The SMILES string of the molecule is N#Cc1ccc(OCc2ccccc2C#N)c([N+](=O)[O-])c1. The molecule has 0 fully saturated rings. The van der Waals surface area contributed by atoms with Gasteiger partial charge in [-0.1, -0.05) is 18.2 Å². The van der Waals surface area contributed by atoms with Gasteiger partial charge in [-0.15, -0.1) is 0 Å². The van der Waals surface area contributed by atoms with Gasteiger partial charge in [0.15, 0.2) is 5.75 Å². The molecule has 2 rings (SSSR count). The van der Waals surface area contributed by atoms with Crippen molar-refractivity contribution in [3.05, 3.63) is 69.3 Å². The van der Waals surface area contributed by atoms with Crippen LogP contribution in [0.2, 0.25) is 0 Å². The topological polar surface area (TPSA) is 99.9 Å². The van der Waals surface area contributed by atoms with E-state index in [4.69, 9.17) is 15.3 Å². The molecule has 0 amide bonds. The molecule has 21 heavy (non-hydrogen) atoms. The van der Waals surface area contributed by atoms with Crippen LogP contribution in [-0.4, -0.2) is 4.92 Å². The summed E-state index contributed by atoms with van der Waals surface area (Å²) >= 11 is 0. The summed E-state index contributed by atoms with van der Waals surface area (Å²) in [4.78, 5) is 10.4. The van der Waals surface area contributed by atoms with Gasteiger partial charge >= 0.3 is 5.69 Å². The van der Waals surface area contributed by atoms with E-state index in [0.29, 0.717) is 11.1 Å². The van der Waals surface area contributed by atoms with Crippen LogP contribution in [-0.2, 0) is 6.61 Å². The second kappa shape index (κ2) is 6.18. The monoisotopic (exact) mass is 279 g/mol. The number of nitro groups is 1. The number of ether oxygens (including phenoxy) is 1. The minimum absolute atomic E-state index is 0.0382. The molecule has 0 heterocycles. The van der Waals surface area contributed by atoms with Crippen LogP contribution in [0.4, 0.5) is 5.69 Å². The van der Waals surface area contributed by atoms with Crippen LogP contribution in [0, 0.1) is 32.8 Å². The molecular weight excluding hydrogens is 270 g/mol. The first kappa shape index (κ1) is 14.0. The Bertz CT molecular complexity index is 772. The highest BCUT2D eigenvalue weighted by Crippen LogP contribution is 2.28. The second-order valence-electron chi connectivity index (χ2n) is 4.11. The average molecular weight is 279 g/mol. The molecule has 0 atom stereocenters. The first-order valence-corrected chi connectivity index (χ1v) is 5.95. The summed E-state index contributed by atoms with van der Waals surface area (Å²) in [6, 6.07) is 14.7. The fourth-order valence-electron chi connectivity index (χ4n) is 1.76. The lowest BCUT2D eigenvalue weighted by Gasteiger charge is -2.08. The van der Waals surface area contributed by atoms with E-state index >= 15 is 0 Å². The van der Waals surface area contributed by atoms with E-state index in [-0.39, 0.29) is 23.6 Å². The van der Waals surface area contributed by atoms with Gasteiger partial charge in [0.1, 0.15) is 6.61 Å². The van der Waals surface area contributed by atoms with Gasteiger partial charge in [0.2, 0.25) is 0 Å². The third-order valence-electron chi connectivity index (χ3n) is 2.81. The molecule has 0 saturated heterocycles. The van der Waals surface area contributed by atoms with E-state index < -0.39 is 4.92 Å². The van der Waals surface area contributed by atoms with Gasteiger partial charge in [-0.2, -0.15) is 10.5 Å². The van der Waals surface area contributed by atoms with Crippen molar-refractivity contribution in [1.82, 2.24) is 0 Å². The predicted octanol–water partition coefficient (Wildman–Crippen LogP) is 2.92. The van der Waals surface area contributed by atoms with Gasteiger partial charge in [0.25, 0.3) is 0 Å². The fourth-order valence-corrected chi connectivity index (χ4v) is 1.76. The first-order chi connectivity index (χ1) is 10.2. The van der Waals surface area contributed by atoms with Crippen LogP contribution in [0.1, 0.15) is 16.7 Å². The summed E-state index contributed by atoms with van der Waals surface area (Å²) in [5.41, 5.74) is 1.00. The Labute approximate surface area is 120 Å². The van der Waals surface area contributed by atoms with Crippen LogP contribution < -0.4 is 4.74 Å². The maximum atomic E-state index is 11.0. The Morgan fingerprint density at radius 2 is 1.90 bits per heavy atom. The van der Waals surface area contributed by atoms with Crippen molar-refractivity contribution in [3.63, 3.8) is 0 Å². The average Bonchev–Trinajstić information content (AvgIpc) is 2.52. The van der Waals surface area contributed by atoms with Crippen LogP contribution in [0.3, 0.4) is 0 Å². The van der Waals surface area contributed by atoms with E-state index in [1.54, 1.807) is 24.3 Å². The lowest BCUT2D eigenvalue weighted by Crippen LogP contribution is -2.01. The Morgan fingerprint density at radius 3 is 2.57 bits per heavy atom. The molecule has 6 heteroatoms. The summed E-state index contributed by atoms with van der Waals surface area (Å²) < 4.78 is 5.42. The van der Waals surface area contributed by atoms with Gasteiger partial charge in [-0.05, 0) is 18.2 Å². The van der Waals surface area contributed by atoms with Crippen molar-refractivity contribution in [2.24, 2.45) is 0 Å². The highest BCUT2D eigenvalue weighted by molar-refractivity contribution is 5.51. The molecule has 0 radical (unpaired) electrons. The maximum Gasteiger partial charge on any atom is 0.312 e. The Kier molecular flexibility index (Phi) is 4.13. The molecule has 0 bridgehead atoms. The lowest BCUT2D eigenvalue weighted by molar-refractivity contribution is -0.386. The molecule has 0 aliphatic heterocycles. The van der Waals surface area contributed by atoms with Crippen molar-refractivity contribution < 1.29 is 9.66 Å². The molecule has 2 aromatic rings. The molecule has 0 saturated carbocycles. The number of benzene rings is 2. The Balaban J connectivity index is 2.27. The van der Waals surface area contributed by atoms with E-state index in [9.17, 15) is 10.1 Å². The molecule has 0 aliphatic carbocycles. The van der Waals surface area contributed by atoms with Crippen molar-refractivity contribution in [2.45, 2.75) is 6.61 Å². The Morgan fingerprint density at radius 1 is 1.14 bits per heavy atom. The number of nitriles is 2. The first-order valence-electron chi connectivity index (χ1n) is 5.95. The summed E-state index contributed by atoms with van der Waals surface area (Å²) in [6.45, 7) is 0.0382. The van der Waals surface area contributed by atoms with Gasteiger partial charge in [-0.25, -0.2) is 0 Å². The third-order valence-corrected chi connectivity index (χ3v) is 2.81. The minimum atomic E-state index is -0.605. The molecule has 0 aliphatic rings. The highest BCUT2D eigenvalue weighted by Gasteiger charge is 2.16. The van der Waals surface area contributed by atoms with Crippen molar-refractivity contribution in [3.8, 4) is 17.9 Å². The quantitative estimate of drug-likeness (QED) is 0.632. The summed E-state index contributed by atoms with van der Waals surface area (Å²) in [5, 5.41) is 28.7.